The van der Waals surface area contributed by atoms with Crippen LogP contribution in [0.4, 0.5) is 0 Å². The second-order valence-electron chi connectivity index (χ2n) is 7.26. The summed E-state index contributed by atoms with van der Waals surface area (Å²) in [4.78, 5) is 16.5. The van der Waals surface area contributed by atoms with E-state index in [-0.39, 0.29) is 18.1 Å². The van der Waals surface area contributed by atoms with Crippen molar-refractivity contribution >= 4 is 5.91 Å². The molecule has 2 fully saturated rings. The van der Waals surface area contributed by atoms with Gasteiger partial charge in [0.05, 0.1) is 12.6 Å². The molecule has 2 aliphatic rings. The van der Waals surface area contributed by atoms with Crippen molar-refractivity contribution in [1.29, 1.82) is 0 Å². The van der Waals surface area contributed by atoms with Crippen molar-refractivity contribution in [2.45, 2.75) is 57.2 Å². The highest BCUT2D eigenvalue weighted by Crippen LogP contribution is 2.23. The van der Waals surface area contributed by atoms with Crippen LogP contribution >= 0.6 is 0 Å². The zero-order valence-electron chi connectivity index (χ0n) is 13.7. The summed E-state index contributed by atoms with van der Waals surface area (Å²) in [6, 6.07) is 0.639. The standard InChI is InChI=1S/C16H31N3O2/c1-12-4-6-13(7-5-12)17-16(21)11-19-10-15(20)8-14(19)9-18(2)3/h12-15,20H,4-11H2,1-3H3,(H,17,21). The third kappa shape index (κ3) is 5.24. The normalized spacial score (nSPS) is 34.3. The quantitative estimate of drug-likeness (QED) is 0.783. The van der Waals surface area contributed by atoms with Gasteiger partial charge in [-0.15, -0.1) is 0 Å². The molecule has 1 saturated heterocycles. The summed E-state index contributed by atoms with van der Waals surface area (Å²) >= 11 is 0. The average molecular weight is 297 g/mol. The van der Waals surface area contributed by atoms with Gasteiger partial charge in [-0.3, -0.25) is 9.69 Å². The van der Waals surface area contributed by atoms with Crippen LogP contribution in [0, 0.1) is 5.92 Å². The Hall–Kier alpha value is -0.650. The maximum atomic E-state index is 12.2. The fourth-order valence-corrected chi connectivity index (χ4v) is 3.62. The average Bonchev–Trinajstić information content (AvgIpc) is 2.71. The number of likely N-dealkylation sites (N-methyl/N-ethyl adjacent to an activating group) is 1. The molecule has 2 N–H and O–H groups in total. The zero-order valence-corrected chi connectivity index (χ0v) is 13.7. The molecule has 2 unspecified atom stereocenters. The lowest BCUT2D eigenvalue weighted by Crippen LogP contribution is -2.46. The number of likely N-dealkylation sites (tertiary alicyclic amines) is 1. The molecular weight excluding hydrogens is 266 g/mol. The lowest BCUT2D eigenvalue weighted by Gasteiger charge is -2.29. The first-order chi connectivity index (χ1) is 9.94. The maximum absolute atomic E-state index is 12.2. The van der Waals surface area contributed by atoms with Crippen LogP contribution in [0.2, 0.25) is 0 Å². The molecule has 1 heterocycles. The van der Waals surface area contributed by atoms with Crippen LogP contribution in [0.15, 0.2) is 0 Å². The highest BCUT2D eigenvalue weighted by atomic mass is 16.3. The van der Waals surface area contributed by atoms with Gasteiger partial charge in [-0.05, 0) is 52.1 Å². The van der Waals surface area contributed by atoms with Gasteiger partial charge in [-0.1, -0.05) is 6.92 Å². The molecule has 0 bridgehead atoms. The molecule has 2 atom stereocenters. The van der Waals surface area contributed by atoms with Gasteiger partial charge in [0.2, 0.25) is 5.91 Å². The van der Waals surface area contributed by atoms with Crippen LogP contribution < -0.4 is 5.32 Å². The minimum atomic E-state index is -0.293. The topological polar surface area (TPSA) is 55.8 Å². The number of nitrogens with zero attached hydrogens (tertiary/aromatic N) is 2. The van der Waals surface area contributed by atoms with Crippen molar-refractivity contribution in [1.82, 2.24) is 15.1 Å². The smallest absolute Gasteiger partial charge is 0.234 e. The number of hydrogen-bond donors (Lipinski definition) is 2. The molecule has 1 saturated carbocycles. The maximum Gasteiger partial charge on any atom is 0.234 e. The molecule has 0 radical (unpaired) electrons. The minimum absolute atomic E-state index is 0.118. The Morgan fingerprint density at radius 3 is 2.57 bits per heavy atom. The molecule has 1 aliphatic heterocycles. The van der Waals surface area contributed by atoms with Crippen LogP contribution in [0.3, 0.4) is 0 Å². The van der Waals surface area contributed by atoms with E-state index in [0.29, 0.717) is 19.1 Å². The Morgan fingerprint density at radius 2 is 1.95 bits per heavy atom. The lowest BCUT2D eigenvalue weighted by molar-refractivity contribution is -0.123. The fourth-order valence-electron chi connectivity index (χ4n) is 3.62. The molecule has 2 rings (SSSR count). The highest BCUT2D eigenvalue weighted by Gasteiger charge is 2.32. The first kappa shape index (κ1) is 16.7. The first-order valence-corrected chi connectivity index (χ1v) is 8.30. The van der Waals surface area contributed by atoms with E-state index in [1.165, 1.54) is 12.8 Å². The van der Waals surface area contributed by atoms with E-state index in [4.69, 9.17) is 0 Å². The summed E-state index contributed by atoms with van der Waals surface area (Å²) in [5, 5.41) is 13.0. The second kappa shape index (κ2) is 7.56. The van der Waals surface area contributed by atoms with E-state index in [1.54, 1.807) is 0 Å². The Kier molecular flexibility index (Phi) is 6.02. The van der Waals surface area contributed by atoms with E-state index in [1.807, 2.05) is 14.1 Å². The lowest BCUT2D eigenvalue weighted by atomic mass is 9.87. The molecule has 5 heteroatoms. The third-order valence-corrected chi connectivity index (χ3v) is 4.81. The molecule has 5 nitrogen and oxygen atoms in total. The molecule has 0 aromatic rings. The first-order valence-electron chi connectivity index (χ1n) is 8.30. The number of carbonyl (C=O) groups is 1. The zero-order chi connectivity index (χ0) is 15.4. The van der Waals surface area contributed by atoms with E-state index in [0.717, 1.165) is 31.7 Å². The minimum Gasteiger partial charge on any atom is -0.392 e. The third-order valence-electron chi connectivity index (χ3n) is 4.81. The van der Waals surface area contributed by atoms with Gasteiger partial charge < -0.3 is 15.3 Å². The van der Waals surface area contributed by atoms with E-state index < -0.39 is 0 Å². The molecule has 1 aliphatic carbocycles. The number of amides is 1. The predicted octanol–water partition coefficient (Wildman–Crippen LogP) is 0.678. The van der Waals surface area contributed by atoms with Crippen LogP contribution in [0.25, 0.3) is 0 Å². The van der Waals surface area contributed by atoms with Gasteiger partial charge in [-0.2, -0.15) is 0 Å². The summed E-state index contributed by atoms with van der Waals surface area (Å²) in [6.07, 6.45) is 5.13. The molecule has 1 amide bonds. The number of carbonyl (C=O) groups excluding carboxylic acids is 1. The van der Waals surface area contributed by atoms with Crippen molar-refractivity contribution in [3.05, 3.63) is 0 Å². The Bertz CT molecular complexity index is 340. The van der Waals surface area contributed by atoms with Crippen molar-refractivity contribution < 1.29 is 9.90 Å². The SMILES string of the molecule is CC1CCC(NC(=O)CN2CC(O)CC2CN(C)C)CC1. The summed E-state index contributed by atoms with van der Waals surface area (Å²) in [5.74, 6) is 0.920. The summed E-state index contributed by atoms with van der Waals surface area (Å²) in [6.45, 7) is 4.22. The Morgan fingerprint density at radius 1 is 1.29 bits per heavy atom. The van der Waals surface area contributed by atoms with Crippen LogP contribution in [-0.2, 0) is 4.79 Å². The predicted molar refractivity (Wildman–Crippen MR) is 84.1 cm³/mol. The Labute approximate surface area is 128 Å². The fraction of sp³-hybridized carbons (Fsp3) is 0.938. The van der Waals surface area contributed by atoms with Crippen molar-refractivity contribution in [3.63, 3.8) is 0 Å². The number of rotatable bonds is 5. The Balaban J connectivity index is 1.78. The van der Waals surface area contributed by atoms with Gasteiger partial charge in [0, 0.05) is 25.2 Å². The molecule has 0 aromatic carbocycles. The number of nitrogens with one attached hydrogen (secondary N) is 1. The largest absolute Gasteiger partial charge is 0.392 e. The summed E-state index contributed by atoms with van der Waals surface area (Å²) in [7, 11) is 4.07. The number of aliphatic hydroxyl groups is 1. The molecular formula is C16H31N3O2. The summed E-state index contributed by atoms with van der Waals surface area (Å²) < 4.78 is 0. The molecule has 21 heavy (non-hydrogen) atoms. The van der Waals surface area contributed by atoms with Gasteiger partial charge in [-0.25, -0.2) is 0 Å². The van der Waals surface area contributed by atoms with Crippen molar-refractivity contribution in [2.75, 3.05) is 33.7 Å². The van der Waals surface area contributed by atoms with Crippen LogP contribution in [0.5, 0.6) is 0 Å². The van der Waals surface area contributed by atoms with Crippen molar-refractivity contribution in [2.24, 2.45) is 5.92 Å². The number of hydrogen-bond acceptors (Lipinski definition) is 4. The van der Waals surface area contributed by atoms with Gasteiger partial charge >= 0.3 is 0 Å². The summed E-state index contributed by atoms with van der Waals surface area (Å²) in [5.41, 5.74) is 0. The molecule has 122 valence electrons. The highest BCUT2D eigenvalue weighted by molar-refractivity contribution is 5.78. The van der Waals surface area contributed by atoms with E-state index in [2.05, 4.69) is 22.0 Å². The number of β-amino-alcohol motifs (C(OH)–C–C–N with tert-alkyl or cyclic N) is 1. The van der Waals surface area contributed by atoms with Gasteiger partial charge in [0.15, 0.2) is 0 Å². The molecule has 0 spiro atoms. The van der Waals surface area contributed by atoms with Crippen LogP contribution in [-0.4, -0.2) is 72.7 Å². The molecule has 0 aromatic heterocycles. The van der Waals surface area contributed by atoms with Crippen molar-refractivity contribution in [3.8, 4) is 0 Å². The van der Waals surface area contributed by atoms with E-state index >= 15 is 0 Å². The van der Waals surface area contributed by atoms with Gasteiger partial charge in [0.1, 0.15) is 0 Å². The number of aliphatic hydroxyl groups excluding tert-OH is 1. The van der Waals surface area contributed by atoms with Crippen LogP contribution in [0.1, 0.15) is 39.0 Å². The van der Waals surface area contributed by atoms with E-state index in [9.17, 15) is 9.90 Å². The van der Waals surface area contributed by atoms with Gasteiger partial charge in [0.25, 0.3) is 0 Å². The second-order valence-corrected chi connectivity index (χ2v) is 7.26. The monoisotopic (exact) mass is 297 g/mol.